The summed E-state index contributed by atoms with van der Waals surface area (Å²) in [5.74, 6) is 1.05. The number of rotatable bonds is 6. The molecule has 14 aromatic rings. The minimum absolute atomic E-state index is 0.260. The molecule has 82 heavy (non-hydrogen) atoms. The van der Waals surface area contributed by atoms with Crippen molar-refractivity contribution in [3.63, 3.8) is 0 Å². The van der Waals surface area contributed by atoms with Crippen LogP contribution in [0.1, 0.15) is 36.6 Å². The normalized spacial score (nSPS) is 14.5. The van der Waals surface area contributed by atoms with Gasteiger partial charge in [-0.25, -0.2) is 9.97 Å². The highest BCUT2D eigenvalue weighted by Crippen LogP contribution is 2.54. The van der Waals surface area contributed by atoms with E-state index in [1.807, 2.05) is 0 Å². The van der Waals surface area contributed by atoms with E-state index in [2.05, 4.69) is 282 Å². The van der Waals surface area contributed by atoms with E-state index >= 15 is 0 Å². The number of hydrogen-bond donors (Lipinski definition) is 0. The van der Waals surface area contributed by atoms with Gasteiger partial charge in [0.15, 0.2) is 5.82 Å². The fraction of sp³-hybridized carbons (Fsp3) is 0.0513. The largest absolute Gasteiger partial charge is 0.309 e. The highest BCUT2D eigenvalue weighted by atomic mass is 15.0. The molecule has 0 N–H and O–H groups in total. The number of para-hydroxylation sites is 2. The van der Waals surface area contributed by atoms with E-state index in [1.54, 1.807) is 0 Å². The lowest BCUT2D eigenvalue weighted by atomic mass is 9.94. The summed E-state index contributed by atoms with van der Waals surface area (Å²) in [7, 11) is 0. The Morgan fingerprint density at radius 1 is 0.390 bits per heavy atom. The van der Waals surface area contributed by atoms with E-state index in [0.29, 0.717) is 0 Å². The second kappa shape index (κ2) is 18.6. The van der Waals surface area contributed by atoms with Crippen molar-refractivity contribution < 1.29 is 0 Å². The first kappa shape index (κ1) is 46.5. The van der Waals surface area contributed by atoms with Gasteiger partial charge < -0.3 is 9.13 Å². The molecule has 0 aliphatic heterocycles. The van der Waals surface area contributed by atoms with E-state index < -0.39 is 0 Å². The zero-order valence-corrected chi connectivity index (χ0v) is 45.0. The summed E-state index contributed by atoms with van der Waals surface area (Å²) in [6.07, 6.45) is 18.3. The molecule has 1 unspecified atom stereocenters. The van der Waals surface area contributed by atoms with Crippen molar-refractivity contribution in [3.8, 4) is 78.4 Å². The van der Waals surface area contributed by atoms with Gasteiger partial charge in [0.1, 0.15) is 0 Å². The van der Waals surface area contributed by atoms with Crippen LogP contribution in [-0.4, -0.2) is 19.1 Å². The molecule has 4 aliphatic carbocycles. The van der Waals surface area contributed by atoms with Crippen molar-refractivity contribution in [2.45, 2.75) is 25.2 Å². The third-order valence-electron chi connectivity index (χ3n) is 17.7. The summed E-state index contributed by atoms with van der Waals surface area (Å²) in [5, 5.41) is 10.5. The SMILES string of the molecule is C1=CCCC(c2cc(C3C=CC=CC3)nc(-c3ccc(-n4c5ccccc5c5c6c(ccc54)-c4cccc5cccc-6c45)cc3)n2)=C1.c1ccc(-c2ccc(-n3c4ccccc4c4ccc5c(c43)-c3cccc4cccc-5c34)cc2)cc1. The second-order valence-corrected chi connectivity index (χ2v) is 22.2. The van der Waals surface area contributed by atoms with Crippen LogP contribution < -0.4 is 0 Å². The third kappa shape index (κ3) is 7.17. The minimum atomic E-state index is 0.260. The molecule has 0 radical (unpaired) electrons. The van der Waals surface area contributed by atoms with Gasteiger partial charge in [0.05, 0.1) is 33.5 Å². The second-order valence-electron chi connectivity index (χ2n) is 22.2. The molecule has 11 aromatic carbocycles. The number of nitrogens with zero attached hydrogens (tertiary/aromatic N) is 4. The molecule has 4 heteroatoms. The molecule has 0 saturated heterocycles. The van der Waals surface area contributed by atoms with Crippen LogP contribution >= 0.6 is 0 Å². The van der Waals surface area contributed by atoms with Gasteiger partial charge in [0, 0.05) is 55.5 Å². The van der Waals surface area contributed by atoms with Crippen LogP contribution in [0.4, 0.5) is 0 Å². The molecule has 3 aromatic heterocycles. The highest BCUT2D eigenvalue weighted by molar-refractivity contribution is 6.27. The average Bonchev–Trinajstić information content (AvgIpc) is 2.11. The third-order valence-corrected chi connectivity index (χ3v) is 17.7. The molecule has 18 rings (SSSR count). The van der Waals surface area contributed by atoms with Gasteiger partial charge in [-0.2, -0.15) is 0 Å². The number of aromatic nitrogens is 4. The molecule has 0 fully saturated rings. The molecule has 1 atom stereocenters. The Bertz CT molecular complexity index is 5090. The van der Waals surface area contributed by atoms with Gasteiger partial charge in [-0.1, -0.05) is 212 Å². The first-order valence-corrected chi connectivity index (χ1v) is 28.7. The lowest BCUT2D eigenvalue weighted by Gasteiger charge is -2.17. The van der Waals surface area contributed by atoms with Crippen LogP contribution in [0.3, 0.4) is 0 Å². The van der Waals surface area contributed by atoms with Crippen molar-refractivity contribution >= 4 is 70.7 Å². The lowest BCUT2D eigenvalue weighted by Crippen LogP contribution is -2.06. The van der Waals surface area contributed by atoms with Gasteiger partial charge in [-0.3, -0.25) is 0 Å². The Balaban J connectivity index is 0.000000136. The van der Waals surface area contributed by atoms with Crippen molar-refractivity contribution in [1.82, 2.24) is 19.1 Å². The minimum Gasteiger partial charge on any atom is -0.309 e. The van der Waals surface area contributed by atoms with Crippen LogP contribution in [0.5, 0.6) is 0 Å². The number of fused-ring (bicyclic) bond motifs is 14. The van der Waals surface area contributed by atoms with Gasteiger partial charge in [-0.05, 0) is 152 Å². The first-order chi connectivity index (χ1) is 40.7. The van der Waals surface area contributed by atoms with Crippen LogP contribution in [-0.2, 0) is 0 Å². The molecular formula is C78H52N4. The average molecular weight is 1050 g/mol. The molecule has 384 valence electrons. The Morgan fingerprint density at radius 2 is 1.00 bits per heavy atom. The Morgan fingerprint density at radius 3 is 1.70 bits per heavy atom. The van der Waals surface area contributed by atoms with Crippen LogP contribution in [0.15, 0.2) is 273 Å². The summed E-state index contributed by atoms with van der Waals surface area (Å²) >= 11 is 0. The van der Waals surface area contributed by atoms with Crippen LogP contribution in [0, 0.1) is 0 Å². The predicted molar refractivity (Wildman–Crippen MR) is 344 cm³/mol. The Kier molecular flexibility index (Phi) is 10.5. The van der Waals surface area contributed by atoms with Gasteiger partial charge in [0.25, 0.3) is 0 Å². The standard InChI is InChI=1S/C44H31N3.C34H21N/c1-3-11-28(12-4-1)37-27-38(29-13-5-2-6-14-29)46-44(45-37)31-21-23-32(24-22-31)47-39-20-8-7-17-35(39)43-40(47)26-25-34-33-18-9-15-30-16-10-19-36(41(30)33)42(34)43;1-2-8-22(9-3-1)23-16-18-25(19-17-23)35-31-15-5-4-12-26(31)29-21-20-28-27-13-6-10-24-11-7-14-30(32(24)27)33(28)34(29)35/h1-5,7-11,13,15-28H,6,12,14H2;1-21H. The van der Waals surface area contributed by atoms with Crippen LogP contribution in [0.2, 0.25) is 0 Å². The van der Waals surface area contributed by atoms with E-state index in [0.717, 1.165) is 47.7 Å². The fourth-order valence-corrected chi connectivity index (χ4v) is 14.0. The van der Waals surface area contributed by atoms with Crippen molar-refractivity contribution in [3.05, 3.63) is 284 Å². The predicted octanol–water partition coefficient (Wildman–Crippen LogP) is 20.6. The Hall–Kier alpha value is -10.4. The maximum atomic E-state index is 5.14. The maximum absolute atomic E-state index is 5.14. The molecule has 4 aliphatic rings. The van der Waals surface area contributed by atoms with Crippen LogP contribution in [0.25, 0.3) is 149 Å². The van der Waals surface area contributed by atoms with Crippen molar-refractivity contribution in [1.29, 1.82) is 0 Å². The summed E-state index contributed by atoms with van der Waals surface area (Å²) in [6.45, 7) is 0. The summed E-state index contributed by atoms with van der Waals surface area (Å²) in [4.78, 5) is 10.3. The smallest absolute Gasteiger partial charge is 0.160 e. The number of benzene rings is 11. The fourth-order valence-electron chi connectivity index (χ4n) is 14.0. The summed E-state index contributed by atoms with van der Waals surface area (Å²) in [6, 6.07) is 84.3. The van der Waals surface area contributed by atoms with Gasteiger partial charge >= 0.3 is 0 Å². The molecule has 0 saturated carbocycles. The molecule has 0 bridgehead atoms. The monoisotopic (exact) mass is 1040 g/mol. The Labute approximate surface area is 475 Å². The van der Waals surface area contributed by atoms with E-state index in [-0.39, 0.29) is 5.92 Å². The first-order valence-electron chi connectivity index (χ1n) is 28.7. The van der Waals surface area contributed by atoms with Crippen molar-refractivity contribution in [2.75, 3.05) is 0 Å². The number of hydrogen-bond acceptors (Lipinski definition) is 2. The zero-order chi connectivity index (χ0) is 53.8. The summed E-state index contributed by atoms with van der Waals surface area (Å²) in [5.41, 5.74) is 24.9. The number of allylic oxidation sites excluding steroid dienone is 8. The van der Waals surface area contributed by atoms with E-state index in [4.69, 9.17) is 9.97 Å². The van der Waals surface area contributed by atoms with Crippen molar-refractivity contribution in [2.24, 2.45) is 0 Å². The summed E-state index contributed by atoms with van der Waals surface area (Å²) < 4.78 is 4.88. The maximum Gasteiger partial charge on any atom is 0.160 e. The van der Waals surface area contributed by atoms with E-state index in [9.17, 15) is 0 Å². The molecule has 3 heterocycles. The van der Waals surface area contributed by atoms with E-state index in [1.165, 1.54) is 132 Å². The quantitative estimate of drug-likeness (QED) is 0.166. The highest BCUT2D eigenvalue weighted by Gasteiger charge is 2.29. The molecule has 0 spiro atoms. The van der Waals surface area contributed by atoms with Gasteiger partial charge in [0.2, 0.25) is 0 Å². The molecular weight excluding hydrogens is 993 g/mol. The van der Waals surface area contributed by atoms with Gasteiger partial charge in [-0.15, -0.1) is 0 Å². The molecule has 4 nitrogen and oxygen atoms in total. The lowest BCUT2D eigenvalue weighted by molar-refractivity contribution is 0.808. The zero-order valence-electron chi connectivity index (χ0n) is 45.0. The molecule has 0 amide bonds. The topological polar surface area (TPSA) is 35.6 Å².